The SMILES string of the molecule is Cc1cccc(OCCN2CCN(C=O)CC2)c1. The number of hydrogen-bond donors (Lipinski definition) is 0. The van der Waals surface area contributed by atoms with Gasteiger partial charge in [-0.15, -0.1) is 0 Å². The molecule has 1 aliphatic rings. The van der Waals surface area contributed by atoms with Crippen LogP contribution in [0.3, 0.4) is 0 Å². The highest BCUT2D eigenvalue weighted by Crippen LogP contribution is 2.12. The monoisotopic (exact) mass is 248 g/mol. The van der Waals surface area contributed by atoms with Crippen molar-refractivity contribution in [2.45, 2.75) is 6.92 Å². The number of ether oxygens (including phenoxy) is 1. The van der Waals surface area contributed by atoms with Gasteiger partial charge < -0.3 is 9.64 Å². The molecule has 0 aromatic heterocycles. The van der Waals surface area contributed by atoms with E-state index < -0.39 is 0 Å². The van der Waals surface area contributed by atoms with Crippen molar-refractivity contribution in [3.05, 3.63) is 29.8 Å². The number of nitrogens with zero attached hydrogens (tertiary/aromatic N) is 2. The van der Waals surface area contributed by atoms with E-state index in [0.29, 0.717) is 6.61 Å². The van der Waals surface area contributed by atoms with Crippen LogP contribution in [-0.2, 0) is 4.79 Å². The summed E-state index contributed by atoms with van der Waals surface area (Å²) in [5, 5.41) is 0. The molecule has 0 N–H and O–H groups in total. The molecule has 0 unspecified atom stereocenters. The number of rotatable bonds is 5. The Labute approximate surface area is 108 Å². The van der Waals surface area contributed by atoms with Gasteiger partial charge in [0.1, 0.15) is 12.4 Å². The first kappa shape index (κ1) is 12.9. The molecular weight excluding hydrogens is 228 g/mol. The fourth-order valence-corrected chi connectivity index (χ4v) is 2.09. The lowest BCUT2D eigenvalue weighted by Crippen LogP contribution is -2.46. The summed E-state index contributed by atoms with van der Waals surface area (Å²) in [6.45, 7) is 7.21. The molecule has 0 aliphatic carbocycles. The van der Waals surface area contributed by atoms with Crippen LogP contribution in [0.2, 0.25) is 0 Å². The molecule has 1 heterocycles. The zero-order chi connectivity index (χ0) is 12.8. The molecule has 0 bridgehead atoms. The maximum atomic E-state index is 10.6. The molecule has 18 heavy (non-hydrogen) atoms. The summed E-state index contributed by atoms with van der Waals surface area (Å²) in [7, 11) is 0. The second-order valence-electron chi connectivity index (χ2n) is 4.65. The van der Waals surface area contributed by atoms with Crippen molar-refractivity contribution in [3.63, 3.8) is 0 Å². The van der Waals surface area contributed by atoms with Gasteiger partial charge in [0.15, 0.2) is 0 Å². The zero-order valence-corrected chi connectivity index (χ0v) is 10.8. The largest absolute Gasteiger partial charge is 0.492 e. The molecule has 1 aliphatic heterocycles. The normalized spacial score (nSPS) is 16.6. The van der Waals surface area contributed by atoms with Crippen LogP contribution in [0.1, 0.15) is 5.56 Å². The van der Waals surface area contributed by atoms with Gasteiger partial charge in [0.05, 0.1) is 0 Å². The third-order valence-corrected chi connectivity index (χ3v) is 3.22. The smallest absolute Gasteiger partial charge is 0.209 e. The molecule has 4 heteroatoms. The van der Waals surface area contributed by atoms with Gasteiger partial charge in [-0.1, -0.05) is 12.1 Å². The molecule has 4 nitrogen and oxygen atoms in total. The van der Waals surface area contributed by atoms with E-state index >= 15 is 0 Å². The molecular formula is C14H20N2O2. The van der Waals surface area contributed by atoms with Crippen molar-refractivity contribution in [2.75, 3.05) is 39.3 Å². The van der Waals surface area contributed by atoms with Gasteiger partial charge in [-0.05, 0) is 24.6 Å². The third-order valence-electron chi connectivity index (χ3n) is 3.22. The van der Waals surface area contributed by atoms with Gasteiger partial charge >= 0.3 is 0 Å². The number of hydrogen-bond acceptors (Lipinski definition) is 3. The van der Waals surface area contributed by atoms with Crippen LogP contribution in [-0.4, -0.2) is 55.5 Å². The van der Waals surface area contributed by atoms with E-state index in [1.54, 1.807) is 0 Å². The van der Waals surface area contributed by atoms with Crippen molar-refractivity contribution >= 4 is 6.41 Å². The quantitative estimate of drug-likeness (QED) is 0.733. The van der Waals surface area contributed by atoms with Gasteiger partial charge in [-0.2, -0.15) is 0 Å². The first-order chi connectivity index (χ1) is 8.78. The Bertz CT molecular complexity index is 387. The first-order valence-electron chi connectivity index (χ1n) is 6.39. The number of piperazine rings is 1. The van der Waals surface area contributed by atoms with Crippen molar-refractivity contribution in [3.8, 4) is 5.75 Å². The van der Waals surface area contributed by atoms with E-state index in [4.69, 9.17) is 4.74 Å². The van der Waals surface area contributed by atoms with Crippen LogP contribution in [0, 0.1) is 6.92 Å². The Kier molecular flexibility index (Phi) is 4.59. The van der Waals surface area contributed by atoms with Crippen molar-refractivity contribution in [1.82, 2.24) is 9.80 Å². The predicted molar refractivity (Wildman–Crippen MR) is 70.8 cm³/mol. The third kappa shape index (κ3) is 3.74. The molecule has 1 amide bonds. The van der Waals surface area contributed by atoms with E-state index in [9.17, 15) is 4.79 Å². The summed E-state index contributed by atoms with van der Waals surface area (Å²) < 4.78 is 5.72. The van der Waals surface area contributed by atoms with Crippen molar-refractivity contribution in [1.29, 1.82) is 0 Å². The molecule has 0 atom stereocenters. The molecule has 1 saturated heterocycles. The lowest BCUT2D eigenvalue weighted by molar-refractivity contribution is -0.119. The summed E-state index contributed by atoms with van der Waals surface area (Å²) in [6, 6.07) is 8.10. The molecule has 0 radical (unpaired) electrons. The molecule has 2 rings (SSSR count). The van der Waals surface area contributed by atoms with E-state index in [2.05, 4.69) is 17.9 Å². The number of benzene rings is 1. The lowest BCUT2D eigenvalue weighted by atomic mass is 10.2. The highest BCUT2D eigenvalue weighted by molar-refractivity contribution is 5.47. The van der Waals surface area contributed by atoms with Gasteiger partial charge in [-0.25, -0.2) is 0 Å². The van der Waals surface area contributed by atoms with E-state index in [1.165, 1.54) is 5.56 Å². The minimum absolute atomic E-state index is 0.699. The van der Waals surface area contributed by atoms with Gasteiger partial charge in [-0.3, -0.25) is 9.69 Å². The van der Waals surface area contributed by atoms with Crippen LogP contribution >= 0.6 is 0 Å². The lowest BCUT2D eigenvalue weighted by Gasteiger charge is -2.32. The fourth-order valence-electron chi connectivity index (χ4n) is 2.09. The Balaban J connectivity index is 1.68. The standard InChI is InChI=1S/C14H20N2O2/c1-13-3-2-4-14(11-13)18-10-9-15-5-7-16(12-17)8-6-15/h2-4,11-12H,5-10H2,1H3. The molecule has 1 aromatic carbocycles. The fraction of sp³-hybridized carbons (Fsp3) is 0.500. The average Bonchev–Trinajstić information content (AvgIpc) is 2.40. The zero-order valence-electron chi connectivity index (χ0n) is 10.8. The van der Waals surface area contributed by atoms with Crippen molar-refractivity contribution < 1.29 is 9.53 Å². The first-order valence-corrected chi connectivity index (χ1v) is 6.39. The number of amides is 1. The summed E-state index contributed by atoms with van der Waals surface area (Å²) in [4.78, 5) is 14.7. The topological polar surface area (TPSA) is 32.8 Å². The highest BCUT2D eigenvalue weighted by atomic mass is 16.5. The molecule has 1 aromatic rings. The van der Waals surface area contributed by atoms with Crippen LogP contribution in [0.15, 0.2) is 24.3 Å². The Hall–Kier alpha value is -1.55. The van der Waals surface area contributed by atoms with Crippen LogP contribution in [0.4, 0.5) is 0 Å². The summed E-state index contributed by atoms with van der Waals surface area (Å²) >= 11 is 0. The summed E-state index contributed by atoms with van der Waals surface area (Å²) in [5.74, 6) is 0.932. The Morgan fingerprint density at radius 1 is 1.28 bits per heavy atom. The van der Waals surface area contributed by atoms with E-state index in [1.807, 2.05) is 23.1 Å². The predicted octanol–water partition coefficient (Wildman–Crippen LogP) is 1.15. The second-order valence-corrected chi connectivity index (χ2v) is 4.65. The minimum atomic E-state index is 0.699. The molecule has 98 valence electrons. The second kappa shape index (κ2) is 6.40. The highest BCUT2D eigenvalue weighted by Gasteiger charge is 2.14. The van der Waals surface area contributed by atoms with Gasteiger partial charge in [0.2, 0.25) is 6.41 Å². The molecule has 0 saturated carbocycles. The summed E-state index contributed by atoms with van der Waals surface area (Å²) in [6.07, 6.45) is 0.931. The van der Waals surface area contributed by atoms with Crippen LogP contribution in [0.25, 0.3) is 0 Å². The van der Waals surface area contributed by atoms with E-state index in [0.717, 1.165) is 44.9 Å². The summed E-state index contributed by atoms with van der Waals surface area (Å²) in [5.41, 5.74) is 1.21. The number of aryl methyl sites for hydroxylation is 1. The maximum absolute atomic E-state index is 10.6. The van der Waals surface area contributed by atoms with Crippen LogP contribution in [0.5, 0.6) is 5.75 Å². The van der Waals surface area contributed by atoms with E-state index in [-0.39, 0.29) is 0 Å². The molecule has 1 fully saturated rings. The van der Waals surface area contributed by atoms with Crippen molar-refractivity contribution in [2.24, 2.45) is 0 Å². The van der Waals surface area contributed by atoms with Crippen LogP contribution < -0.4 is 4.74 Å². The Morgan fingerprint density at radius 3 is 2.72 bits per heavy atom. The molecule has 0 spiro atoms. The number of carbonyl (C=O) groups is 1. The average molecular weight is 248 g/mol. The van der Waals surface area contributed by atoms with Gasteiger partial charge in [0.25, 0.3) is 0 Å². The maximum Gasteiger partial charge on any atom is 0.209 e. The minimum Gasteiger partial charge on any atom is -0.492 e. The number of carbonyl (C=O) groups excluding carboxylic acids is 1. The Morgan fingerprint density at radius 2 is 2.06 bits per heavy atom. The van der Waals surface area contributed by atoms with Gasteiger partial charge in [0, 0.05) is 32.7 Å².